The van der Waals surface area contributed by atoms with Gasteiger partial charge in [0.2, 0.25) is 5.91 Å². The van der Waals surface area contributed by atoms with Crippen LogP contribution >= 0.6 is 0 Å². The van der Waals surface area contributed by atoms with Crippen LogP contribution in [0.5, 0.6) is 0 Å². The number of aromatic nitrogens is 4. The van der Waals surface area contributed by atoms with Gasteiger partial charge in [0.25, 0.3) is 5.56 Å². The SMILES string of the molecule is Cc1nonc1CC(=O)N1CCC[C@@H](c2cc(=O)nc3n2CCC3)C1. The summed E-state index contributed by atoms with van der Waals surface area (Å²) < 4.78 is 6.84. The fourth-order valence-electron chi connectivity index (χ4n) is 3.87. The molecule has 132 valence electrons. The van der Waals surface area contributed by atoms with E-state index in [1.54, 1.807) is 13.0 Å². The molecule has 1 amide bonds. The zero-order valence-corrected chi connectivity index (χ0v) is 14.3. The van der Waals surface area contributed by atoms with E-state index in [0.29, 0.717) is 17.9 Å². The fraction of sp³-hybridized carbons (Fsp3) is 0.588. The topological polar surface area (TPSA) is 94.1 Å². The molecular formula is C17H21N5O3. The first kappa shape index (κ1) is 16.0. The Morgan fingerprint density at radius 1 is 1.32 bits per heavy atom. The molecule has 0 spiro atoms. The number of hydrogen-bond donors (Lipinski definition) is 0. The summed E-state index contributed by atoms with van der Waals surface area (Å²) in [5, 5.41) is 7.52. The van der Waals surface area contributed by atoms with Crippen molar-refractivity contribution in [3.8, 4) is 0 Å². The highest BCUT2D eigenvalue weighted by molar-refractivity contribution is 5.78. The van der Waals surface area contributed by atoms with Gasteiger partial charge in [-0.1, -0.05) is 10.3 Å². The van der Waals surface area contributed by atoms with Crippen LogP contribution in [0, 0.1) is 6.92 Å². The van der Waals surface area contributed by atoms with Gasteiger partial charge in [0.1, 0.15) is 17.2 Å². The maximum atomic E-state index is 12.6. The lowest BCUT2D eigenvalue weighted by Gasteiger charge is -2.33. The van der Waals surface area contributed by atoms with Crippen LogP contribution in [0.15, 0.2) is 15.5 Å². The maximum absolute atomic E-state index is 12.6. The van der Waals surface area contributed by atoms with Crippen LogP contribution in [-0.4, -0.2) is 43.8 Å². The number of aryl methyl sites for hydroxylation is 2. The smallest absolute Gasteiger partial charge is 0.273 e. The Hall–Kier alpha value is -2.51. The van der Waals surface area contributed by atoms with Crippen molar-refractivity contribution in [2.24, 2.45) is 0 Å². The van der Waals surface area contributed by atoms with Crippen LogP contribution < -0.4 is 5.56 Å². The molecule has 1 atom stereocenters. The molecule has 2 aliphatic heterocycles. The van der Waals surface area contributed by atoms with E-state index < -0.39 is 0 Å². The highest BCUT2D eigenvalue weighted by atomic mass is 16.6. The first-order valence-corrected chi connectivity index (χ1v) is 8.78. The molecule has 25 heavy (non-hydrogen) atoms. The lowest BCUT2D eigenvalue weighted by atomic mass is 9.93. The number of carbonyl (C=O) groups excluding carboxylic acids is 1. The Morgan fingerprint density at radius 3 is 3.00 bits per heavy atom. The van der Waals surface area contributed by atoms with Crippen molar-refractivity contribution in [1.29, 1.82) is 0 Å². The number of rotatable bonds is 3. The summed E-state index contributed by atoms with van der Waals surface area (Å²) in [6.07, 6.45) is 4.00. The van der Waals surface area contributed by atoms with Crippen molar-refractivity contribution in [3.63, 3.8) is 0 Å². The van der Waals surface area contributed by atoms with Gasteiger partial charge in [0.05, 0.1) is 6.42 Å². The molecule has 4 rings (SSSR count). The third-order valence-electron chi connectivity index (χ3n) is 5.17. The van der Waals surface area contributed by atoms with Gasteiger partial charge in [-0.25, -0.2) is 4.63 Å². The van der Waals surface area contributed by atoms with Gasteiger partial charge >= 0.3 is 0 Å². The fourth-order valence-corrected chi connectivity index (χ4v) is 3.87. The summed E-state index contributed by atoms with van der Waals surface area (Å²) in [5.41, 5.74) is 2.11. The summed E-state index contributed by atoms with van der Waals surface area (Å²) in [6.45, 7) is 4.06. The lowest BCUT2D eigenvalue weighted by Crippen LogP contribution is -2.41. The van der Waals surface area contributed by atoms with Crippen molar-refractivity contribution in [1.82, 2.24) is 24.8 Å². The summed E-state index contributed by atoms with van der Waals surface area (Å²) >= 11 is 0. The van der Waals surface area contributed by atoms with E-state index >= 15 is 0 Å². The van der Waals surface area contributed by atoms with Gasteiger partial charge in [-0.2, -0.15) is 4.98 Å². The number of nitrogens with zero attached hydrogens (tertiary/aromatic N) is 5. The van der Waals surface area contributed by atoms with Gasteiger partial charge in [-0.3, -0.25) is 9.59 Å². The van der Waals surface area contributed by atoms with Gasteiger partial charge in [0.15, 0.2) is 0 Å². The van der Waals surface area contributed by atoms with Gasteiger partial charge in [0, 0.05) is 43.7 Å². The number of amides is 1. The van der Waals surface area contributed by atoms with Crippen LogP contribution in [0.25, 0.3) is 0 Å². The quantitative estimate of drug-likeness (QED) is 0.819. The molecule has 4 heterocycles. The first-order chi connectivity index (χ1) is 12.1. The van der Waals surface area contributed by atoms with E-state index in [1.165, 1.54) is 0 Å². The normalized spacial score (nSPS) is 19.9. The van der Waals surface area contributed by atoms with Crippen LogP contribution in [0.2, 0.25) is 0 Å². The Labute approximate surface area is 144 Å². The molecule has 8 nitrogen and oxygen atoms in total. The monoisotopic (exact) mass is 343 g/mol. The number of fused-ring (bicyclic) bond motifs is 1. The maximum Gasteiger partial charge on any atom is 0.273 e. The molecule has 0 bridgehead atoms. The summed E-state index contributed by atoms with van der Waals surface area (Å²) in [5.74, 6) is 1.10. The second-order valence-corrected chi connectivity index (χ2v) is 6.84. The third kappa shape index (κ3) is 3.08. The average Bonchev–Trinajstić information content (AvgIpc) is 3.23. The van der Waals surface area contributed by atoms with E-state index in [1.807, 2.05) is 4.90 Å². The molecule has 0 aliphatic carbocycles. The van der Waals surface area contributed by atoms with Gasteiger partial charge in [-0.05, 0) is 26.2 Å². The highest BCUT2D eigenvalue weighted by Gasteiger charge is 2.29. The van der Waals surface area contributed by atoms with Crippen LogP contribution in [0.4, 0.5) is 0 Å². The minimum absolute atomic E-state index is 0.0292. The molecule has 2 aliphatic rings. The molecule has 0 radical (unpaired) electrons. The molecule has 1 fully saturated rings. The standard InChI is InChI=1S/C17H21N5O3/c1-11-13(20-25-19-11)8-17(24)21-6-2-4-12(10-21)14-9-16(23)18-15-5-3-7-22(14)15/h9,12H,2-8,10H2,1H3/t12-/m1/s1. The molecule has 1 saturated heterocycles. The van der Waals surface area contributed by atoms with E-state index in [0.717, 1.165) is 50.3 Å². The zero-order valence-electron chi connectivity index (χ0n) is 14.3. The largest absolute Gasteiger partial charge is 0.342 e. The molecule has 2 aromatic heterocycles. The van der Waals surface area contributed by atoms with Gasteiger partial charge in [-0.15, -0.1) is 0 Å². The molecule has 0 aromatic carbocycles. The lowest BCUT2D eigenvalue weighted by molar-refractivity contribution is -0.131. The predicted molar refractivity (Wildman–Crippen MR) is 88.1 cm³/mol. The predicted octanol–water partition coefficient (Wildman–Crippen LogP) is 0.830. The minimum Gasteiger partial charge on any atom is -0.342 e. The molecule has 8 heteroatoms. The van der Waals surface area contributed by atoms with E-state index in [4.69, 9.17) is 0 Å². The Morgan fingerprint density at radius 2 is 2.20 bits per heavy atom. The molecule has 0 unspecified atom stereocenters. The summed E-state index contributed by atoms with van der Waals surface area (Å²) in [4.78, 5) is 30.6. The first-order valence-electron chi connectivity index (χ1n) is 8.78. The minimum atomic E-state index is -0.170. The average molecular weight is 343 g/mol. The summed E-state index contributed by atoms with van der Waals surface area (Å²) in [6, 6.07) is 1.65. The molecular weight excluding hydrogens is 322 g/mol. The second kappa shape index (κ2) is 6.42. The van der Waals surface area contributed by atoms with Crippen molar-refractivity contribution >= 4 is 5.91 Å². The Balaban J connectivity index is 1.53. The number of carbonyl (C=O) groups is 1. The molecule has 0 N–H and O–H groups in total. The van der Waals surface area contributed by atoms with E-state index in [2.05, 4.69) is 24.5 Å². The Kier molecular flexibility index (Phi) is 4.10. The number of piperidine rings is 1. The molecule has 2 aromatic rings. The number of hydrogen-bond acceptors (Lipinski definition) is 6. The van der Waals surface area contributed by atoms with Crippen LogP contribution in [-0.2, 0) is 24.2 Å². The zero-order chi connectivity index (χ0) is 17.4. The number of likely N-dealkylation sites (tertiary alicyclic amines) is 1. The van der Waals surface area contributed by atoms with Gasteiger partial charge < -0.3 is 9.47 Å². The van der Waals surface area contributed by atoms with E-state index in [9.17, 15) is 9.59 Å². The highest BCUT2D eigenvalue weighted by Crippen LogP contribution is 2.29. The van der Waals surface area contributed by atoms with Crippen molar-refractivity contribution in [2.75, 3.05) is 13.1 Å². The van der Waals surface area contributed by atoms with E-state index in [-0.39, 0.29) is 23.8 Å². The third-order valence-corrected chi connectivity index (χ3v) is 5.17. The Bertz CT molecular complexity index is 856. The summed E-state index contributed by atoms with van der Waals surface area (Å²) in [7, 11) is 0. The van der Waals surface area contributed by atoms with Crippen molar-refractivity contribution in [3.05, 3.63) is 39.3 Å². The molecule has 0 saturated carbocycles. The van der Waals surface area contributed by atoms with Crippen molar-refractivity contribution < 1.29 is 9.42 Å². The van der Waals surface area contributed by atoms with Crippen LogP contribution in [0.1, 0.15) is 48.1 Å². The van der Waals surface area contributed by atoms with Crippen LogP contribution in [0.3, 0.4) is 0 Å². The van der Waals surface area contributed by atoms with Crippen molar-refractivity contribution in [2.45, 2.75) is 51.5 Å². The second-order valence-electron chi connectivity index (χ2n) is 6.84.